The molecule has 2 rings (SSSR count). The summed E-state index contributed by atoms with van der Waals surface area (Å²) in [5.74, 6) is -0.614. The van der Waals surface area contributed by atoms with Crippen molar-refractivity contribution in [2.24, 2.45) is 5.92 Å². The zero-order chi connectivity index (χ0) is 10.1. The lowest BCUT2D eigenvalue weighted by Crippen LogP contribution is -2.47. The van der Waals surface area contributed by atoms with Crippen LogP contribution in [-0.2, 0) is 9.53 Å². The highest BCUT2D eigenvalue weighted by Crippen LogP contribution is 2.31. The summed E-state index contributed by atoms with van der Waals surface area (Å²) in [6.07, 6.45) is 2.65. The summed E-state index contributed by atoms with van der Waals surface area (Å²) in [5, 5.41) is 9.66. The van der Waals surface area contributed by atoms with Gasteiger partial charge in [-0.1, -0.05) is 0 Å². The van der Waals surface area contributed by atoms with Crippen LogP contribution in [0.15, 0.2) is 0 Å². The summed E-state index contributed by atoms with van der Waals surface area (Å²) in [6, 6.07) is 0.662. The minimum Gasteiger partial charge on any atom is -0.469 e. The van der Waals surface area contributed by atoms with Crippen LogP contribution in [0, 0.1) is 5.92 Å². The maximum Gasteiger partial charge on any atom is 0.312 e. The highest BCUT2D eigenvalue weighted by atomic mass is 16.5. The number of carbonyl (C=O) groups excluding carboxylic acids is 1. The monoisotopic (exact) mass is 199 g/mol. The fourth-order valence-corrected chi connectivity index (χ4v) is 2.12. The minimum absolute atomic E-state index is 0.275. The lowest BCUT2D eigenvalue weighted by molar-refractivity contribution is -0.152. The van der Waals surface area contributed by atoms with Gasteiger partial charge in [-0.3, -0.25) is 9.69 Å². The zero-order valence-corrected chi connectivity index (χ0v) is 8.48. The van der Waals surface area contributed by atoms with Crippen molar-refractivity contribution in [1.82, 2.24) is 4.90 Å². The van der Waals surface area contributed by atoms with Crippen molar-refractivity contribution in [1.29, 1.82) is 0 Å². The lowest BCUT2D eigenvalue weighted by Gasteiger charge is -2.34. The molecule has 1 N–H and O–H groups in total. The third-order valence-electron chi connectivity index (χ3n) is 3.17. The molecule has 0 radical (unpaired) electrons. The third-order valence-corrected chi connectivity index (χ3v) is 3.17. The molecular formula is C10H17NO3. The van der Waals surface area contributed by atoms with E-state index in [4.69, 9.17) is 0 Å². The number of hydrogen-bond donors (Lipinski definition) is 1. The Morgan fingerprint density at radius 2 is 2.14 bits per heavy atom. The number of likely N-dealkylation sites (tertiary alicyclic amines) is 1. The Bertz CT molecular complexity index is 227. The normalized spacial score (nSPS) is 34.1. The van der Waals surface area contributed by atoms with E-state index < -0.39 is 6.10 Å². The van der Waals surface area contributed by atoms with E-state index in [1.807, 2.05) is 0 Å². The van der Waals surface area contributed by atoms with Crippen molar-refractivity contribution in [3.63, 3.8) is 0 Å². The first kappa shape index (κ1) is 9.93. The lowest BCUT2D eigenvalue weighted by atomic mass is 9.95. The summed E-state index contributed by atoms with van der Waals surface area (Å²) >= 11 is 0. The number of methoxy groups -OCH3 is 1. The maximum atomic E-state index is 11.4. The van der Waals surface area contributed by atoms with Crippen molar-refractivity contribution in [3.05, 3.63) is 0 Å². The Morgan fingerprint density at radius 3 is 2.71 bits per heavy atom. The van der Waals surface area contributed by atoms with Gasteiger partial charge in [0.05, 0.1) is 19.1 Å². The summed E-state index contributed by atoms with van der Waals surface area (Å²) < 4.78 is 4.68. The predicted molar refractivity (Wildman–Crippen MR) is 50.7 cm³/mol. The SMILES string of the molecule is COC(=O)[C@@H]1CN(C2CC2)CC[C@@H]1O. The number of esters is 1. The van der Waals surface area contributed by atoms with E-state index in [1.54, 1.807) is 0 Å². The molecule has 2 fully saturated rings. The molecule has 1 heterocycles. The van der Waals surface area contributed by atoms with Gasteiger partial charge in [-0.15, -0.1) is 0 Å². The first-order chi connectivity index (χ1) is 6.72. The van der Waals surface area contributed by atoms with Crippen LogP contribution in [0.5, 0.6) is 0 Å². The molecule has 0 bridgehead atoms. The molecule has 14 heavy (non-hydrogen) atoms. The Hall–Kier alpha value is -0.610. The second kappa shape index (κ2) is 3.87. The second-order valence-electron chi connectivity index (χ2n) is 4.21. The van der Waals surface area contributed by atoms with Crippen molar-refractivity contribution in [2.45, 2.75) is 31.4 Å². The Kier molecular flexibility index (Phi) is 2.74. The smallest absolute Gasteiger partial charge is 0.312 e. The van der Waals surface area contributed by atoms with Crippen LogP contribution in [0.2, 0.25) is 0 Å². The van der Waals surface area contributed by atoms with E-state index in [2.05, 4.69) is 9.64 Å². The molecule has 0 aromatic heterocycles. The highest BCUT2D eigenvalue weighted by molar-refractivity contribution is 5.73. The number of nitrogens with zero attached hydrogens (tertiary/aromatic N) is 1. The van der Waals surface area contributed by atoms with Crippen LogP contribution in [-0.4, -0.2) is 48.3 Å². The Morgan fingerprint density at radius 1 is 1.43 bits per heavy atom. The zero-order valence-electron chi connectivity index (χ0n) is 8.48. The van der Waals surface area contributed by atoms with Crippen molar-refractivity contribution >= 4 is 5.97 Å². The first-order valence-electron chi connectivity index (χ1n) is 5.22. The fourth-order valence-electron chi connectivity index (χ4n) is 2.12. The molecule has 1 aliphatic heterocycles. The number of hydrogen-bond acceptors (Lipinski definition) is 4. The Labute approximate surface area is 83.8 Å². The van der Waals surface area contributed by atoms with E-state index in [0.29, 0.717) is 19.0 Å². The van der Waals surface area contributed by atoms with Gasteiger partial charge < -0.3 is 9.84 Å². The number of aliphatic hydroxyl groups excluding tert-OH is 1. The van der Waals surface area contributed by atoms with Gasteiger partial charge in [0.15, 0.2) is 0 Å². The molecule has 0 amide bonds. The van der Waals surface area contributed by atoms with Crippen molar-refractivity contribution in [2.75, 3.05) is 20.2 Å². The summed E-state index contributed by atoms with van der Waals surface area (Å²) in [7, 11) is 1.38. The molecule has 4 heteroatoms. The largest absolute Gasteiger partial charge is 0.469 e. The molecule has 2 atom stereocenters. The average molecular weight is 199 g/mol. The van der Waals surface area contributed by atoms with Gasteiger partial charge in [0.2, 0.25) is 0 Å². The van der Waals surface area contributed by atoms with Gasteiger partial charge in [0, 0.05) is 19.1 Å². The Balaban J connectivity index is 1.95. The topological polar surface area (TPSA) is 49.8 Å². The van der Waals surface area contributed by atoms with Gasteiger partial charge in [-0.2, -0.15) is 0 Å². The van der Waals surface area contributed by atoms with Crippen LogP contribution in [0.3, 0.4) is 0 Å². The number of piperidine rings is 1. The molecule has 1 saturated carbocycles. The summed E-state index contributed by atoms with van der Waals surface area (Å²) in [5.41, 5.74) is 0. The molecule has 0 spiro atoms. The number of rotatable bonds is 2. The number of ether oxygens (including phenoxy) is 1. The van der Waals surface area contributed by atoms with E-state index in [9.17, 15) is 9.90 Å². The molecule has 80 valence electrons. The first-order valence-corrected chi connectivity index (χ1v) is 5.22. The molecule has 4 nitrogen and oxygen atoms in total. The summed E-state index contributed by atoms with van der Waals surface area (Å²) in [4.78, 5) is 13.7. The van der Waals surface area contributed by atoms with Gasteiger partial charge in [0.25, 0.3) is 0 Å². The van der Waals surface area contributed by atoms with Gasteiger partial charge in [-0.25, -0.2) is 0 Å². The van der Waals surface area contributed by atoms with Crippen LogP contribution in [0.1, 0.15) is 19.3 Å². The number of carbonyl (C=O) groups is 1. The quantitative estimate of drug-likeness (QED) is 0.636. The molecule has 0 aromatic rings. The minimum atomic E-state index is -0.516. The molecule has 0 aromatic carbocycles. The average Bonchev–Trinajstić information content (AvgIpc) is 3.01. The third kappa shape index (κ3) is 1.91. The fraction of sp³-hybridized carbons (Fsp3) is 0.900. The van der Waals surface area contributed by atoms with Crippen LogP contribution in [0.25, 0.3) is 0 Å². The van der Waals surface area contributed by atoms with Gasteiger partial charge in [-0.05, 0) is 19.3 Å². The van der Waals surface area contributed by atoms with Crippen molar-refractivity contribution in [3.8, 4) is 0 Å². The molecule has 2 aliphatic rings. The highest BCUT2D eigenvalue weighted by Gasteiger charge is 2.39. The maximum absolute atomic E-state index is 11.4. The molecule has 1 aliphatic carbocycles. The number of aliphatic hydroxyl groups is 1. The van der Waals surface area contributed by atoms with E-state index in [0.717, 1.165) is 6.54 Å². The standard InChI is InChI=1S/C10H17NO3/c1-14-10(13)8-6-11(7-2-3-7)5-4-9(8)12/h7-9,12H,2-6H2,1H3/t8-,9+/m1/s1. The predicted octanol–water partition coefficient (Wildman–Crippen LogP) is 0.00460. The van der Waals surface area contributed by atoms with E-state index >= 15 is 0 Å². The summed E-state index contributed by atoms with van der Waals surface area (Å²) in [6.45, 7) is 1.58. The van der Waals surface area contributed by atoms with E-state index in [1.165, 1.54) is 20.0 Å². The van der Waals surface area contributed by atoms with Crippen molar-refractivity contribution < 1.29 is 14.6 Å². The van der Waals surface area contributed by atoms with E-state index in [-0.39, 0.29) is 11.9 Å². The molecular weight excluding hydrogens is 182 g/mol. The van der Waals surface area contributed by atoms with Crippen LogP contribution >= 0.6 is 0 Å². The molecule has 0 unspecified atom stereocenters. The van der Waals surface area contributed by atoms with Crippen LogP contribution in [0.4, 0.5) is 0 Å². The van der Waals surface area contributed by atoms with Crippen LogP contribution < -0.4 is 0 Å². The molecule has 1 saturated heterocycles. The van der Waals surface area contributed by atoms with Gasteiger partial charge in [0.1, 0.15) is 0 Å². The second-order valence-corrected chi connectivity index (χ2v) is 4.21. The van der Waals surface area contributed by atoms with Gasteiger partial charge >= 0.3 is 5.97 Å².